The summed E-state index contributed by atoms with van der Waals surface area (Å²) in [6.45, 7) is 2.45. The number of hydrogen-bond acceptors (Lipinski definition) is 3. The lowest BCUT2D eigenvalue weighted by molar-refractivity contribution is 0.102. The monoisotopic (exact) mass is 426 g/mol. The van der Waals surface area contributed by atoms with E-state index in [4.69, 9.17) is 23.2 Å². The SMILES string of the molecule is CC1CCCCN1S(=O)(=O)c1ccc(C(=O)Nc2cccc(Cl)c2Cl)cc1. The third-order valence-corrected chi connectivity index (χ3v) is 7.51. The van der Waals surface area contributed by atoms with Crippen LogP contribution in [0.1, 0.15) is 36.5 Å². The van der Waals surface area contributed by atoms with Crippen molar-refractivity contribution in [1.82, 2.24) is 4.31 Å². The number of benzene rings is 2. The number of hydrogen-bond donors (Lipinski definition) is 1. The van der Waals surface area contributed by atoms with Crippen LogP contribution in [0.3, 0.4) is 0 Å². The van der Waals surface area contributed by atoms with Gasteiger partial charge in [-0.15, -0.1) is 0 Å². The number of nitrogens with one attached hydrogen (secondary N) is 1. The van der Waals surface area contributed by atoms with Crippen LogP contribution < -0.4 is 5.32 Å². The van der Waals surface area contributed by atoms with E-state index in [1.54, 1.807) is 18.2 Å². The van der Waals surface area contributed by atoms with Crippen molar-refractivity contribution in [2.24, 2.45) is 0 Å². The molecule has 0 spiro atoms. The summed E-state index contributed by atoms with van der Waals surface area (Å²) >= 11 is 12.0. The zero-order valence-corrected chi connectivity index (χ0v) is 17.1. The van der Waals surface area contributed by atoms with Crippen molar-refractivity contribution in [3.05, 3.63) is 58.1 Å². The molecule has 144 valence electrons. The van der Waals surface area contributed by atoms with Crippen LogP contribution >= 0.6 is 23.2 Å². The average molecular weight is 427 g/mol. The molecule has 2 aromatic rings. The van der Waals surface area contributed by atoms with Crippen molar-refractivity contribution in [3.63, 3.8) is 0 Å². The normalized spacial score (nSPS) is 18.3. The maximum Gasteiger partial charge on any atom is 0.255 e. The van der Waals surface area contributed by atoms with Gasteiger partial charge in [0.1, 0.15) is 0 Å². The van der Waals surface area contributed by atoms with E-state index in [2.05, 4.69) is 5.32 Å². The topological polar surface area (TPSA) is 66.5 Å². The first kappa shape index (κ1) is 20.1. The third kappa shape index (κ3) is 4.29. The molecule has 27 heavy (non-hydrogen) atoms. The van der Waals surface area contributed by atoms with Gasteiger partial charge in [-0.25, -0.2) is 8.42 Å². The largest absolute Gasteiger partial charge is 0.321 e. The molecule has 1 aliphatic rings. The van der Waals surface area contributed by atoms with Gasteiger partial charge >= 0.3 is 0 Å². The number of carbonyl (C=O) groups is 1. The molecule has 1 aliphatic heterocycles. The zero-order chi connectivity index (χ0) is 19.6. The molecule has 2 aromatic carbocycles. The quantitative estimate of drug-likeness (QED) is 0.762. The zero-order valence-electron chi connectivity index (χ0n) is 14.8. The second-order valence-corrected chi connectivity index (χ2v) is 9.22. The molecular formula is C19H20Cl2N2O3S. The summed E-state index contributed by atoms with van der Waals surface area (Å²) in [7, 11) is -3.56. The van der Waals surface area contributed by atoms with Gasteiger partial charge in [-0.3, -0.25) is 4.79 Å². The molecule has 0 saturated carbocycles. The predicted octanol–water partition coefficient (Wildman–Crippen LogP) is 4.81. The minimum Gasteiger partial charge on any atom is -0.321 e. The molecule has 1 unspecified atom stereocenters. The van der Waals surface area contributed by atoms with E-state index in [1.807, 2.05) is 6.92 Å². The first-order chi connectivity index (χ1) is 12.8. The molecule has 1 amide bonds. The van der Waals surface area contributed by atoms with Gasteiger partial charge in [-0.05, 0) is 56.2 Å². The maximum absolute atomic E-state index is 12.8. The highest BCUT2D eigenvalue weighted by atomic mass is 35.5. The molecule has 5 nitrogen and oxygen atoms in total. The molecule has 1 N–H and O–H groups in total. The summed E-state index contributed by atoms with van der Waals surface area (Å²) in [6.07, 6.45) is 2.77. The number of anilines is 1. The summed E-state index contributed by atoms with van der Waals surface area (Å²) in [6, 6.07) is 10.8. The predicted molar refractivity (Wildman–Crippen MR) is 108 cm³/mol. The fraction of sp³-hybridized carbons (Fsp3) is 0.316. The van der Waals surface area contributed by atoms with Crippen molar-refractivity contribution < 1.29 is 13.2 Å². The molecule has 0 radical (unpaired) electrons. The molecule has 1 atom stereocenters. The molecular weight excluding hydrogens is 407 g/mol. The Kier molecular flexibility index (Phi) is 6.11. The van der Waals surface area contributed by atoms with Crippen LogP contribution in [0.4, 0.5) is 5.69 Å². The number of piperidine rings is 1. The lowest BCUT2D eigenvalue weighted by atomic mass is 10.1. The number of rotatable bonds is 4. The van der Waals surface area contributed by atoms with Gasteiger partial charge in [0.15, 0.2) is 0 Å². The van der Waals surface area contributed by atoms with E-state index < -0.39 is 15.9 Å². The van der Waals surface area contributed by atoms with Crippen molar-refractivity contribution in [2.45, 2.75) is 37.1 Å². The standard InChI is InChI=1S/C19H20Cl2N2O3S/c1-13-5-2-3-12-23(13)27(25,26)15-10-8-14(9-11-15)19(24)22-17-7-4-6-16(20)18(17)21/h4,6-11,13H,2-3,5,12H2,1H3,(H,22,24). The van der Waals surface area contributed by atoms with E-state index in [0.717, 1.165) is 19.3 Å². The van der Waals surface area contributed by atoms with E-state index in [9.17, 15) is 13.2 Å². The van der Waals surface area contributed by atoms with Crippen LogP contribution in [0.5, 0.6) is 0 Å². The number of sulfonamides is 1. The Labute approximate surface area is 169 Å². The second kappa shape index (κ2) is 8.19. The Bertz CT molecular complexity index is 946. The number of carbonyl (C=O) groups excluding carboxylic acids is 1. The van der Waals surface area contributed by atoms with Gasteiger partial charge < -0.3 is 5.32 Å². The van der Waals surface area contributed by atoms with Crippen molar-refractivity contribution >= 4 is 44.8 Å². The van der Waals surface area contributed by atoms with Crippen LogP contribution in [-0.2, 0) is 10.0 Å². The van der Waals surface area contributed by atoms with Gasteiger partial charge in [0.05, 0.1) is 20.6 Å². The minimum absolute atomic E-state index is 0.0169. The third-order valence-electron chi connectivity index (χ3n) is 4.66. The Hall–Kier alpha value is -1.60. The molecule has 0 aliphatic carbocycles. The Morgan fingerprint density at radius 2 is 1.81 bits per heavy atom. The molecule has 1 fully saturated rings. The smallest absolute Gasteiger partial charge is 0.255 e. The number of nitrogens with zero attached hydrogens (tertiary/aromatic N) is 1. The summed E-state index contributed by atoms with van der Waals surface area (Å²) in [5.74, 6) is -0.394. The van der Waals surface area contributed by atoms with Crippen molar-refractivity contribution in [3.8, 4) is 0 Å². The van der Waals surface area contributed by atoms with Crippen LogP contribution in [0.25, 0.3) is 0 Å². The molecule has 1 saturated heterocycles. The summed E-state index contributed by atoms with van der Waals surface area (Å²) < 4.78 is 27.2. The van der Waals surface area contributed by atoms with Gasteiger partial charge in [0.2, 0.25) is 10.0 Å². The Morgan fingerprint density at radius 3 is 2.48 bits per heavy atom. The van der Waals surface area contributed by atoms with Gasteiger partial charge in [-0.2, -0.15) is 4.31 Å². The molecule has 1 heterocycles. The molecule has 0 aromatic heterocycles. The van der Waals surface area contributed by atoms with E-state index in [-0.39, 0.29) is 16.0 Å². The van der Waals surface area contributed by atoms with Crippen molar-refractivity contribution in [1.29, 1.82) is 0 Å². The van der Waals surface area contributed by atoms with Crippen molar-refractivity contribution in [2.75, 3.05) is 11.9 Å². The summed E-state index contributed by atoms with van der Waals surface area (Å²) in [4.78, 5) is 12.6. The fourth-order valence-electron chi connectivity index (χ4n) is 3.14. The van der Waals surface area contributed by atoms with E-state index in [0.29, 0.717) is 22.8 Å². The number of amides is 1. The average Bonchev–Trinajstić information content (AvgIpc) is 2.65. The molecule has 0 bridgehead atoms. The summed E-state index contributed by atoms with van der Waals surface area (Å²) in [5.41, 5.74) is 0.727. The van der Waals surface area contributed by atoms with Crippen LogP contribution in [0.2, 0.25) is 10.0 Å². The Morgan fingerprint density at radius 1 is 1.11 bits per heavy atom. The van der Waals surface area contributed by atoms with Gasteiger partial charge in [0, 0.05) is 18.2 Å². The van der Waals surface area contributed by atoms with Crippen LogP contribution in [0.15, 0.2) is 47.4 Å². The van der Waals surface area contributed by atoms with Gasteiger partial charge in [0.25, 0.3) is 5.91 Å². The Balaban J connectivity index is 1.78. The highest BCUT2D eigenvalue weighted by molar-refractivity contribution is 7.89. The summed E-state index contributed by atoms with van der Waals surface area (Å²) in [5, 5.41) is 3.28. The maximum atomic E-state index is 12.8. The van der Waals surface area contributed by atoms with Gasteiger partial charge in [-0.1, -0.05) is 35.7 Å². The lowest BCUT2D eigenvalue weighted by Crippen LogP contribution is -2.41. The highest BCUT2D eigenvalue weighted by Gasteiger charge is 2.30. The molecule has 3 rings (SSSR count). The second-order valence-electron chi connectivity index (χ2n) is 6.54. The number of halogens is 2. The first-order valence-electron chi connectivity index (χ1n) is 8.68. The van der Waals surface area contributed by atoms with Crippen LogP contribution in [0, 0.1) is 0 Å². The van der Waals surface area contributed by atoms with E-state index >= 15 is 0 Å². The highest BCUT2D eigenvalue weighted by Crippen LogP contribution is 2.30. The fourth-order valence-corrected chi connectivity index (χ4v) is 5.18. The van der Waals surface area contributed by atoms with E-state index in [1.165, 1.54) is 28.6 Å². The minimum atomic E-state index is -3.56. The lowest BCUT2D eigenvalue weighted by Gasteiger charge is -2.32. The van der Waals surface area contributed by atoms with Crippen LogP contribution in [-0.4, -0.2) is 31.2 Å². The first-order valence-corrected chi connectivity index (χ1v) is 10.9. The molecule has 8 heteroatoms.